The lowest BCUT2D eigenvalue weighted by molar-refractivity contribution is 0.135. The summed E-state index contributed by atoms with van der Waals surface area (Å²) in [5.41, 5.74) is 0.822. The number of sulfonamides is 1. The Morgan fingerprint density at radius 1 is 1.04 bits per heavy atom. The summed E-state index contributed by atoms with van der Waals surface area (Å²) in [6.07, 6.45) is 4.84. The standard InChI is InChI=1S/C17H20N2O3S/c20-23(21,14-15-4-2-1-3-5-15)19-12-8-17(9-13-19)22-16-6-10-18-11-7-16/h1-7,10-11,17H,8-9,12-14H2. The zero-order valence-electron chi connectivity index (χ0n) is 12.8. The van der Waals surface area contributed by atoms with E-state index < -0.39 is 10.0 Å². The molecule has 23 heavy (non-hydrogen) atoms. The molecule has 2 heterocycles. The van der Waals surface area contributed by atoms with Crippen molar-refractivity contribution in [1.29, 1.82) is 0 Å². The van der Waals surface area contributed by atoms with Gasteiger partial charge in [0, 0.05) is 25.5 Å². The third-order valence-corrected chi connectivity index (χ3v) is 5.79. The van der Waals surface area contributed by atoms with Crippen molar-refractivity contribution in [2.75, 3.05) is 13.1 Å². The molecular formula is C17H20N2O3S. The van der Waals surface area contributed by atoms with E-state index in [2.05, 4.69) is 4.98 Å². The summed E-state index contributed by atoms with van der Waals surface area (Å²) < 4.78 is 32.4. The molecule has 1 aliphatic rings. The molecule has 1 aromatic carbocycles. The van der Waals surface area contributed by atoms with Crippen molar-refractivity contribution in [2.45, 2.75) is 24.7 Å². The van der Waals surface area contributed by atoms with Gasteiger partial charge in [-0.3, -0.25) is 4.98 Å². The molecule has 1 aromatic heterocycles. The van der Waals surface area contributed by atoms with Gasteiger partial charge < -0.3 is 4.74 Å². The van der Waals surface area contributed by atoms with E-state index in [0.29, 0.717) is 25.9 Å². The average molecular weight is 332 g/mol. The highest BCUT2D eigenvalue weighted by molar-refractivity contribution is 7.88. The molecule has 6 heteroatoms. The van der Waals surface area contributed by atoms with Crippen LogP contribution in [0.2, 0.25) is 0 Å². The maximum atomic E-state index is 12.5. The van der Waals surface area contributed by atoms with Crippen LogP contribution in [0.5, 0.6) is 5.75 Å². The van der Waals surface area contributed by atoms with Crippen molar-refractivity contribution in [1.82, 2.24) is 9.29 Å². The number of hydrogen-bond donors (Lipinski definition) is 0. The van der Waals surface area contributed by atoms with Crippen molar-refractivity contribution in [3.05, 3.63) is 60.4 Å². The topological polar surface area (TPSA) is 59.5 Å². The second-order valence-corrected chi connectivity index (χ2v) is 7.61. The van der Waals surface area contributed by atoms with Gasteiger partial charge in [-0.1, -0.05) is 30.3 Å². The van der Waals surface area contributed by atoms with E-state index in [4.69, 9.17) is 4.74 Å². The van der Waals surface area contributed by atoms with Gasteiger partial charge in [0.25, 0.3) is 0 Å². The first-order valence-electron chi connectivity index (χ1n) is 7.72. The molecule has 0 N–H and O–H groups in total. The number of piperidine rings is 1. The molecule has 1 saturated heterocycles. The normalized spacial score (nSPS) is 17.0. The summed E-state index contributed by atoms with van der Waals surface area (Å²) >= 11 is 0. The van der Waals surface area contributed by atoms with E-state index in [9.17, 15) is 8.42 Å². The number of aromatic nitrogens is 1. The fourth-order valence-electron chi connectivity index (χ4n) is 2.71. The summed E-state index contributed by atoms with van der Waals surface area (Å²) in [5.74, 6) is 0.842. The Morgan fingerprint density at radius 3 is 2.35 bits per heavy atom. The third-order valence-electron chi connectivity index (χ3n) is 3.94. The van der Waals surface area contributed by atoms with Crippen LogP contribution in [0.15, 0.2) is 54.9 Å². The SMILES string of the molecule is O=S(=O)(Cc1ccccc1)N1CCC(Oc2ccncc2)CC1. The summed E-state index contributed by atoms with van der Waals surface area (Å²) in [7, 11) is -3.26. The molecule has 0 radical (unpaired) electrons. The number of rotatable bonds is 5. The first kappa shape index (κ1) is 16.0. The highest BCUT2D eigenvalue weighted by Crippen LogP contribution is 2.21. The van der Waals surface area contributed by atoms with Gasteiger partial charge in [0.1, 0.15) is 11.9 Å². The van der Waals surface area contributed by atoms with Gasteiger partial charge in [0.2, 0.25) is 10.0 Å². The van der Waals surface area contributed by atoms with Gasteiger partial charge in [-0.25, -0.2) is 12.7 Å². The smallest absolute Gasteiger partial charge is 0.218 e. The van der Waals surface area contributed by atoms with Crippen LogP contribution in [0.1, 0.15) is 18.4 Å². The van der Waals surface area contributed by atoms with Crippen LogP contribution in [0.4, 0.5) is 0 Å². The van der Waals surface area contributed by atoms with Crippen LogP contribution in [-0.4, -0.2) is 36.9 Å². The molecule has 0 spiro atoms. The number of hydrogen-bond acceptors (Lipinski definition) is 4. The van der Waals surface area contributed by atoms with Crippen LogP contribution in [0.25, 0.3) is 0 Å². The van der Waals surface area contributed by atoms with E-state index in [1.54, 1.807) is 16.7 Å². The molecule has 3 rings (SSSR count). The molecule has 0 saturated carbocycles. The van der Waals surface area contributed by atoms with Crippen LogP contribution < -0.4 is 4.74 Å². The number of nitrogens with zero attached hydrogens (tertiary/aromatic N) is 2. The summed E-state index contributed by atoms with van der Waals surface area (Å²) in [4.78, 5) is 3.96. The van der Waals surface area contributed by atoms with Crippen LogP contribution in [-0.2, 0) is 15.8 Å². The molecule has 122 valence electrons. The van der Waals surface area contributed by atoms with Crippen LogP contribution >= 0.6 is 0 Å². The number of benzene rings is 1. The highest BCUT2D eigenvalue weighted by Gasteiger charge is 2.28. The Labute approximate surface area is 137 Å². The molecule has 0 unspecified atom stereocenters. The first-order valence-corrected chi connectivity index (χ1v) is 9.33. The predicted molar refractivity (Wildman–Crippen MR) is 88.5 cm³/mol. The van der Waals surface area contributed by atoms with Gasteiger partial charge in [0.15, 0.2) is 0 Å². The van der Waals surface area contributed by atoms with Gasteiger partial charge in [-0.2, -0.15) is 0 Å². The summed E-state index contributed by atoms with van der Waals surface area (Å²) in [5, 5.41) is 0. The van der Waals surface area contributed by atoms with Crippen LogP contribution in [0.3, 0.4) is 0 Å². The fraction of sp³-hybridized carbons (Fsp3) is 0.353. The third kappa shape index (κ3) is 4.30. The lowest BCUT2D eigenvalue weighted by Crippen LogP contribution is -2.42. The zero-order chi connectivity index (χ0) is 16.1. The maximum Gasteiger partial charge on any atom is 0.218 e. The Balaban J connectivity index is 1.56. The molecule has 0 atom stereocenters. The zero-order valence-corrected chi connectivity index (χ0v) is 13.7. The summed E-state index contributed by atoms with van der Waals surface area (Å²) in [6.45, 7) is 1.01. The molecule has 0 amide bonds. The lowest BCUT2D eigenvalue weighted by Gasteiger charge is -2.31. The van der Waals surface area contributed by atoms with E-state index in [-0.39, 0.29) is 11.9 Å². The second-order valence-electron chi connectivity index (χ2n) is 5.64. The van der Waals surface area contributed by atoms with Gasteiger partial charge in [-0.15, -0.1) is 0 Å². The minimum atomic E-state index is -3.26. The van der Waals surface area contributed by atoms with Crippen molar-refractivity contribution in [3.8, 4) is 5.75 Å². The molecule has 1 fully saturated rings. The summed E-state index contributed by atoms with van der Waals surface area (Å²) in [6, 6.07) is 12.9. The second kappa shape index (κ2) is 7.10. The largest absolute Gasteiger partial charge is 0.490 e. The van der Waals surface area contributed by atoms with Crippen molar-refractivity contribution >= 4 is 10.0 Å². The minimum absolute atomic E-state index is 0.0561. The number of pyridine rings is 1. The monoisotopic (exact) mass is 332 g/mol. The van der Waals surface area contributed by atoms with Crippen molar-refractivity contribution in [3.63, 3.8) is 0 Å². The molecule has 0 bridgehead atoms. The van der Waals surface area contributed by atoms with Crippen molar-refractivity contribution < 1.29 is 13.2 Å². The van der Waals surface area contributed by atoms with Gasteiger partial charge >= 0.3 is 0 Å². The number of ether oxygens (including phenoxy) is 1. The lowest BCUT2D eigenvalue weighted by atomic mass is 10.1. The Bertz CT molecular complexity index is 712. The van der Waals surface area contributed by atoms with E-state index >= 15 is 0 Å². The highest BCUT2D eigenvalue weighted by atomic mass is 32.2. The molecule has 0 aliphatic carbocycles. The average Bonchev–Trinajstić information content (AvgIpc) is 2.57. The van der Waals surface area contributed by atoms with E-state index in [1.165, 1.54) is 0 Å². The fourth-order valence-corrected chi connectivity index (χ4v) is 4.28. The van der Waals surface area contributed by atoms with Gasteiger partial charge in [-0.05, 0) is 30.5 Å². The Kier molecular flexibility index (Phi) is 4.93. The quantitative estimate of drug-likeness (QED) is 0.844. The molecule has 1 aliphatic heterocycles. The minimum Gasteiger partial charge on any atom is -0.490 e. The molecule has 2 aromatic rings. The predicted octanol–water partition coefficient (Wildman–Crippen LogP) is 2.45. The maximum absolute atomic E-state index is 12.5. The Morgan fingerprint density at radius 2 is 1.70 bits per heavy atom. The van der Waals surface area contributed by atoms with Gasteiger partial charge in [0.05, 0.1) is 5.75 Å². The molecule has 5 nitrogen and oxygen atoms in total. The van der Waals surface area contributed by atoms with E-state index in [1.807, 2.05) is 42.5 Å². The first-order chi connectivity index (χ1) is 11.1. The van der Waals surface area contributed by atoms with E-state index in [0.717, 1.165) is 11.3 Å². The van der Waals surface area contributed by atoms with Crippen LogP contribution in [0, 0.1) is 0 Å². The van der Waals surface area contributed by atoms with Crippen molar-refractivity contribution in [2.24, 2.45) is 0 Å². The Hall–Kier alpha value is -1.92. The molecular weight excluding hydrogens is 312 g/mol.